The van der Waals surface area contributed by atoms with E-state index in [4.69, 9.17) is 0 Å². The first-order chi connectivity index (χ1) is 10.2. The summed E-state index contributed by atoms with van der Waals surface area (Å²) in [5.74, 6) is 0.620. The van der Waals surface area contributed by atoms with Crippen molar-refractivity contribution in [2.75, 3.05) is 0 Å². The summed E-state index contributed by atoms with van der Waals surface area (Å²) in [4.78, 5) is 10.6. The number of nitrogens with one attached hydrogen (secondary N) is 1. The molecule has 1 aliphatic carbocycles. The standard InChI is InChI=1S/C17H18N2O2/c20-19(21)17-9-5-4-8-14(17)12-18-16-10-15(11-16)13-6-2-1-3-7-13/h1-9,15-16,18H,10-12H2. The molecule has 3 rings (SSSR count). The minimum absolute atomic E-state index is 0.198. The number of benzene rings is 2. The van der Waals surface area contributed by atoms with Gasteiger partial charge in [-0.2, -0.15) is 0 Å². The van der Waals surface area contributed by atoms with Gasteiger partial charge in [0.05, 0.1) is 4.92 Å². The van der Waals surface area contributed by atoms with Gasteiger partial charge in [-0.05, 0) is 24.3 Å². The molecule has 0 aliphatic heterocycles. The minimum atomic E-state index is -0.315. The summed E-state index contributed by atoms with van der Waals surface area (Å²) < 4.78 is 0. The Morgan fingerprint density at radius 3 is 2.43 bits per heavy atom. The molecule has 2 aromatic carbocycles. The van der Waals surface area contributed by atoms with Gasteiger partial charge in [-0.15, -0.1) is 0 Å². The highest BCUT2D eigenvalue weighted by Crippen LogP contribution is 2.36. The Hall–Kier alpha value is -2.20. The molecule has 0 aromatic heterocycles. The second-order valence-corrected chi connectivity index (χ2v) is 5.54. The molecule has 1 fully saturated rings. The van der Waals surface area contributed by atoms with E-state index in [1.54, 1.807) is 12.1 Å². The Bertz CT molecular complexity index is 622. The zero-order valence-corrected chi connectivity index (χ0v) is 11.7. The lowest BCUT2D eigenvalue weighted by Crippen LogP contribution is -2.39. The fourth-order valence-corrected chi connectivity index (χ4v) is 2.87. The van der Waals surface area contributed by atoms with Crippen LogP contribution in [-0.2, 0) is 6.54 Å². The molecular weight excluding hydrogens is 264 g/mol. The zero-order chi connectivity index (χ0) is 14.7. The largest absolute Gasteiger partial charge is 0.310 e. The number of nitrogens with zero attached hydrogens (tertiary/aromatic N) is 1. The number of nitro groups is 1. The van der Waals surface area contributed by atoms with Crippen molar-refractivity contribution in [2.45, 2.75) is 31.3 Å². The van der Waals surface area contributed by atoms with Crippen LogP contribution in [0.4, 0.5) is 5.69 Å². The van der Waals surface area contributed by atoms with E-state index in [-0.39, 0.29) is 10.6 Å². The molecule has 0 atom stereocenters. The van der Waals surface area contributed by atoms with E-state index in [9.17, 15) is 10.1 Å². The quantitative estimate of drug-likeness (QED) is 0.673. The second kappa shape index (κ2) is 6.06. The first-order valence-corrected chi connectivity index (χ1v) is 7.24. The minimum Gasteiger partial charge on any atom is -0.310 e. The highest BCUT2D eigenvalue weighted by atomic mass is 16.6. The van der Waals surface area contributed by atoms with E-state index in [0.29, 0.717) is 18.5 Å². The van der Waals surface area contributed by atoms with Crippen molar-refractivity contribution in [3.8, 4) is 0 Å². The van der Waals surface area contributed by atoms with Crippen LogP contribution in [0.3, 0.4) is 0 Å². The Morgan fingerprint density at radius 1 is 1.05 bits per heavy atom. The topological polar surface area (TPSA) is 55.2 Å². The maximum Gasteiger partial charge on any atom is 0.273 e. The smallest absolute Gasteiger partial charge is 0.273 e. The summed E-state index contributed by atoms with van der Waals surface area (Å²) in [6.07, 6.45) is 2.20. The molecule has 0 spiro atoms. The molecule has 21 heavy (non-hydrogen) atoms. The van der Waals surface area contributed by atoms with Gasteiger partial charge in [-0.25, -0.2) is 0 Å². The molecule has 0 amide bonds. The molecule has 4 nitrogen and oxygen atoms in total. The van der Waals surface area contributed by atoms with Gasteiger partial charge in [0.2, 0.25) is 0 Å². The monoisotopic (exact) mass is 282 g/mol. The summed E-state index contributed by atoms with van der Waals surface area (Å²) in [6.45, 7) is 0.559. The van der Waals surface area contributed by atoms with E-state index in [1.807, 2.05) is 18.2 Å². The Balaban J connectivity index is 1.53. The van der Waals surface area contributed by atoms with Crippen molar-refractivity contribution in [3.63, 3.8) is 0 Å². The van der Waals surface area contributed by atoms with Crippen LogP contribution >= 0.6 is 0 Å². The maximum absolute atomic E-state index is 11.0. The van der Waals surface area contributed by atoms with E-state index >= 15 is 0 Å². The van der Waals surface area contributed by atoms with Gasteiger partial charge in [0, 0.05) is 24.2 Å². The Morgan fingerprint density at radius 2 is 1.71 bits per heavy atom. The van der Waals surface area contributed by atoms with Crippen LogP contribution in [-0.4, -0.2) is 11.0 Å². The number of rotatable bonds is 5. The van der Waals surface area contributed by atoms with Gasteiger partial charge in [0.25, 0.3) is 5.69 Å². The van der Waals surface area contributed by atoms with Crippen LogP contribution in [0.1, 0.15) is 29.9 Å². The molecule has 1 aliphatic rings. The SMILES string of the molecule is O=[N+]([O-])c1ccccc1CNC1CC(c2ccccc2)C1. The summed E-state index contributed by atoms with van der Waals surface area (Å²) in [5.41, 5.74) is 2.34. The van der Waals surface area contributed by atoms with Crippen molar-refractivity contribution in [1.29, 1.82) is 0 Å². The molecule has 108 valence electrons. The van der Waals surface area contributed by atoms with Gasteiger partial charge in [0.1, 0.15) is 0 Å². The summed E-state index contributed by atoms with van der Waals surface area (Å²) in [5, 5.41) is 14.4. The van der Waals surface area contributed by atoms with Crippen LogP contribution in [0, 0.1) is 10.1 Å². The van der Waals surface area contributed by atoms with Gasteiger partial charge in [-0.1, -0.05) is 48.5 Å². The highest BCUT2D eigenvalue weighted by molar-refractivity contribution is 5.39. The lowest BCUT2D eigenvalue weighted by molar-refractivity contribution is -0.385. The molecular formula is C17H18N2O2. The van der Waals surface area contributed by atoms with E-state index in [2.05, 4.69) is 29.6 Å². The first kappa shape index (κ1) is 13.8. The molecule has 1 saturated carbocycles. The van der Waals surface area contributed by atoms with Crippen molar-refractivity contribution in [3.05, 3.63) is 75.8 Å². The number of para-hydroxylation sites is 1. The van der Waals surface area contributed by atoms with E-state index in [1.165, 1.54) is 5.56 Å². The van der Waals surface area contributed by atoms with Crippen LogP contribution in [0.5, 0.6) is 0 Å². The number of hydrogen-bond acceptors (Lipinski definition) is 3. The molecule has 4 heteroatoms. The van der Waals surface area contributed by atoms with Crippen molar-refractivity contribution < 1.29 is 4.92 Å². The van der Waals surface area contributed by atoms with Crippen molar-refractivity contribution in [2.24, 2.45) is 0 Å². The summed E-state index contributed by atoms with van der Waals surface area (Å²) >= 11 is 0. The fraction of sp³-hybridized carbons (Fsp3) is 0.294. The molecule has 0 unspecified atom stereocenters. The van der Waals surface area contributed by atoms with Gasteiger partial charge in [0.15, 0.2) is 0 Å². The third-order valence-corrected chi connectivity index (χ3v) is 4.18. The molecule has 0 radical (unpaired) electrons. The average Bonchev–Trinajstić information content (AvgIpc) is 2.47. The lowest BCUT2D eigenvalue weighted by Gasteiger charge is -2.36. The van der Waals surface area contributed by atoms with Gasteiger partial charge >= 0.3 is 0 Å². The third kappa shape index (κ3) is 3.11. The highest BCUT2D eigenvalue weighted by Gasteiger charge is 2.30. The Kier molecular flexibility index (Phi) is 3.97. The lowest BCUT2D eigenvalue weighted by atomic mass is 9.76. The van der Waals surface area contributed by atoms with Crippen LogP contribution in [0.2, 0.25) is 0 Å². The molecule has 1 N–H and O–H groups in total. The second-order valence-electron chi connectivity index (χ2n) is 5.54. The van der Waals surface area contributed by atoms with Crippen LogP contribution in [0.15, 0.2) is 54.6 Å². The van der Waals surface area contributed by atoms with Crippen LogP contribution in [0.25, 0.3) is 0 Å². The molecule has 2 aromatic rings. The summed E-state index contributed by atoms with van der Waals surface area (Å²) in [7, 11) is 0. The van der Waals surface area contributed by atoms with Crippen LogP contribution < -0.4 is 5.32 Å². The first-order valence-electron chi connectivity index (χ1n) is 7.24. The molecule has 0 saturated heterocycles. The number of nitro benzene ring substituents is 1. The maximum atomic E-state index is 11.0. The predicted molar refractivity (Wildman–Crippen MR) is 82.1 cm³/mol. The normalized spacial score (nSPS) is 20.8. The molecule has 0 bridgehead atoms. The molecule has 0 heterocycles. The van der Waals surface area contributed by atoms with E-state index < -0.39 is 0 Å². The predicted octanol–water partition coefficient (Wildman–Crippen LogP) is 3.63. The van der Waals surface area contributed by atoms with E-state index in [0.717, 1.165) is 18.4 Å². The zero-order valence-electron chi connectivity index (χ0n) is 11.7. The van der Waals surface area contributed by atoms with Crippen molar-refractivity contribution >= 4 is 5.69 Å². The fourth-order valence-electron chi connectivity index (χ4n) is 2.87. The average molecular weight is 282 g/mol. The Labute approximate surface area is 124 Å². The third-order valence-electron chi connectivity index (χ3n) is 4.18. The van der Waals surface area contributed by atoms with Gasteiger partial charge < -0.3 is 5.32 Å². The number of hydrogen-bond donors (Lipinski definition) is 1. The van der Waals surface area contributed by atoms with Gasteiger partial charge in [-0.3, -0.25) is 10.1 Å². The summed E-state index contributed by atoms with van der Waals surface area (Å²) in [6, 6.07) is 17.9. The van der Waals surface area contributed by atoms with Crippen molar-refractivity contribution in [1.82, 2.24) is 5.32 Å².